The topological polar surface area (TPSA) is 103 Å². The van der Waals surface area contributed by atoms with Crippen molar-refractivity contribution in [1.82, 2.24) is 34.9 Å². The number of imidazole rings is 1. The Labute approximate surface area is 205 Å². The van der Waals surface area contributed by atoms with Gasteiger partial charge in [0.25, 0.3) is 0 Å². The van der Waals surface area contributed by atoms with E-state index in [4.69, 9.17) is 32.9 Å². The molecule has 3 aromatic heterocycles. The summed E-state index contributed by atoms with van der Waals surface area (Å²) >= 11 is 12.4. The standard InChI is InChI=1S/C23H21Cl2N7O2/c24-16-7-26-8-17(25)15(16)12-34-13-2-3-18-14(6-13)22(30-29-18)23-27-19-9-32(10-20(19)28-23)21(33)11-31-4-1-5-31/h2-3,6-8H,1,4-5,9-12H2,(H,27,28)(H,29,30). The number of rotatable bonds is 6. The largest absolute Gasteiger partial charge is 0.489 e. The molecule has 6 rings (SSSR count). The van der Waals surface area contributed by atoms with Crippen molar-refractivity contribution < 1.29 is 9.53 Å². The Kier molecular flexibility index (Phi) is 5.40. The van der Waals surface area contributed by atoms with Crippen molar-refractivity contribution in [3.05, 3.63) is 57.6 Å². The molecular formula is C23H21Cl2N7O2. The second-order valence-electron chi connectivity index (χ2n) is 8.54. The molecule has 2 aliphatic heterocycles. The van der Waals surface area contributed by atoms with Crippen LogP contribution >= 0.6 is 23.2 Å². The number of carbonyl (C=O) groups is 1. The maximum atomic E-state index is 12.5. The van der Waals surface area contributed by atoms with E-state index < -0.39 is 0 Å². The summed E-state index contributed by atoms with van der Waals surface area (Å²) in [6.45, 7) is 3.78. The number of fused-ring (bicyclic) bond motifs is 2. The van der Waals surface area contributed by atoms with E-state index in [-0.39, 0.29) is 12.5 Å². The number of aromatic amines is 2. The number of aromatic nitrogens is 5. The summed E-state index contributed by atoms with van der Waals surface area (Å²) in [5, 5.41) is 9.31. The molecule has 174 valence electrons. The van der Waals surface area contributed by atoms with E-state index >= 15 is 0 Å². The first kappa shape index (κ1) is 21.4. The molecule has 5 heterocycles. The molecule has 34 heavy (non-hydrogen) atoms. The molecule has 0 spiro atoms. The zero-order valence-electron chi connectivity index (χ0n) is 18.1. The van der Waals surface area contributed by atoms with Crippen LogP contribution in [0.3, 0.4) is 0 Å². The number of amides is 1. The molecule has 1 aromatic carbocycles. The Morgan fingerprint density at radius 1 is 1.15 bits per heavy atom. The molecular weight excluding hydrogens is 477 g/mol. The Morgan fingerprint density at radius 2 is 1.97 bits per heavy atom. The predicted molar refractivity (Wildman–Crippen MR) is 128 cm³/mol. The second-order valence-corrected chi connectivity index (χ2v) is 9.35. The molecule has 1 fully saturated rings. The van der Waals surface area contributed by atoms with Crippen LogP contribution in [0.4, 0.5) is 0 Å². The van der Waals surface area contributed by atoms with E-state index in [9.17, 15) is 4.79 Å². The fraction of sp³-hybridized carbons (Fsp3) is 0.304. The van der Waals surface area contributed by atoms with Gasteiger partial charge in [-0.05, 0) is 37.7 Å². The van der Waals surface area contributed by atoms with E-state index in [0.717, 1.165) is 35.4 Å². The van der Waals surface area contributed by atoms with Crippen LogP contribution in [0.2, 0.25) is 10.0 Å². The Balaban J connectivity index is 1.20. The minimum atomic E-state index is 0.147. The highest BCUT2D eigenvalue weighted by Crippen LogP contribution is 2.32. The monoisotopic (exact) mass is 497 g/mol. The van der Waals surface area contributed by atoms with Crippen molar-refractivity contribution in [2.24, 2.45) is 0 Å². The predicted octanol–water partition coefficient (Wildman–Crippen LogP) is 3.78. The molecule has 0 aliphatic carbocycles. The first-order valence-electron chi connectivity index (χ1n) is 11.0. The molecule has 9 nitrogen and oxygen atoms in total. The summed E-state index contributed by atoms with van der Waals surface area (Å²) in [5.41, 5.74) is 4.09. The molecule has 0 unspecified atom stereocenters. The van der Waals surface area contributed by atoms with Crippen molar-refractivity contribution >= 4 is 40.0 Å². The highest BCUT2D eigenvalue weighted by molar-refractivity contribution is 6.35. The highest BCUT2D eigenvalue weighted by Gasteiger charge is 2.29. The van der Waals surface area contributed by atoms with Crippen LogP contribution in [0.25, 0.3) is 22.4 Å². The molecule has 1 amide bonds. The molecule has 1 saturated heterocycles. The average molecular weight is 498 g/mol. The molecule has 0 radical (unpaired) electrons. The summed E-state index contributed by atoms with van der Waals surface area (Å²) in [6.07, 6.45) is 4.26. The van der Waals surface area contributed by atoms with Crippen molar-refractivity contribution in [1.29, 1.82) is 0 Å². The van der Waals surface area contributed by atoms with Crippen molar-refractivity contribution in [3.8, 4) is 17.3 Å². The number of halogens is 2. The third-order valence-corrected chi connectivity index (χ3v) is 6.96. The van der Waals surface area contributed by atoms with Crippen LogP contribution in [-0.4, -0.2) is 60.5 Å². The van der Waals surface area contributed by atoms with Gasteiger partial charge in [-0.15, -0.1) is 0 Å². The highest BCUT2D eigenvalue weighted by atomic mass is 35.5. The number of H-pyrrole nitrogens is 2. The minimum Gasteiger partial charge on any atom is -0.489 e. The van der Waals surface area contributed by atoms with Crippen molar-refractivity contribution in [2.45, 2.75) is 26.1 Å². The Hall–Kier alpha value is -3.14. The summed E-state index contributed by atoms with van der Waals surface area (Å²) < 4.78 is 5.95. The fourth-order valence-corrected chi connectivity index (χ4v) is 4.72. The number of ether oxygens (including phenoxy) is 1. The lowest BCUT2D eigenvalue weighted by molar-refractivity contribution is -0.134. The first-order valence-corrected chi connectivity index (χ1v) is 11.8. The van der Waals surface area contributed by atoms with Crippen molar-refractivity contribution in [3.63, 3.8) is 0 Å². The molecule has 0 bridgehead atoms. The number of nitrogens with one attached hydrogen (secondary N) is 2. The van der Waals surface area contributed by atoms with Crippen LogP contribution in [-0.2, 0) is 24.5 Å². The molecule has 4 aromatic rings. The Morgan fingerprint density at radius 3 is 2.71 bits per heavy atom. The Bertz CT molecular complexity index is 1350. The zero-order valence-corrected chi connectivity index (χ0v) is 19.7. The van der Waals surface area contributed by atoms with Gasteiger partial charge in [0, 0.05) is 23.3 Å². The van der Waals surface area contributed by atoms with E-state index in [1.54, 1.807) is 12.4 Å². The number of nitrogens with zero attached hydrogens (tertiary/aromatic N) is 5. The molecule has 2 aliphatic rings. The van der Waals surface area contributed by atoms with Gasteiger partial charge in [-0.1, -0.05) is 23.2 Å². The van der Waals surface area contributed by atoms with Crippen LogP contribution in [0, 0.1) is 0 Å². The van der Waals surface area contributed by atoms with Gasteiger partial charge in [0.05, 0.1) is 46.6 Å². The quantitative estimate of drug-likeness (QED) is 0.420. The average Bonchev–Trinajstić information content (AvgIpc) is 3.48. The lowest BCUT2D eigenvalue weighted by Crippen LogP contribution is -2.44. The third kappa shape index (κ3) is 3.89. The van der Waals surface area contributed by atoms with Crippen LogP contribution in [0.1, 0.15) is 23.4 Å². The molecule has 0 saturated carbocycles. The number of carbonyl (C=O) groups excluding carboxylic acids is 1. The van der Waals surface area contributed by atoms with Crippen LogP contribution in [0.15, 0.2) is 30.6 Å². The number of likely N-dealkylation sites (tertiary alicyclic amines) is 1. The van der Waals surface area contributed by atoms with Gasteiger partial charge >= 0.3 is 0 Å². The third-order valence-electron chi connectivity index (χ3n) is 6.31. The number of hydrogen-bond donors (Lipinski definition) is 2. The lowest BCUT2D eigenvalue weighted by atomic mass is 10.2. The molecule has 11 heteroatoms. The van der Waals surface area contributed by atoms with E-state index in [1.165, 1.54) is 6.42 Å². The number of pyridine rings is 1. The summed E-state index contributed by atoms with van der Waals surface area (Å²) in [6, 6.07) is 5.68. The van der Waals surface area contributed by atoms with Crippen LogP contribution < -0.4 is 4.74 Å². The molecule has 0 atom stereocenters. The number of benzene rings is 1. The lowest BCUT2D eigenvalue weighted by Gasteiger charge is -2.31. The van der Waals surface area contributed by atoms with Gasteiger partial charge in [-0.25, -0.2) is 4.98 Å². The van der Waals surface area contributed by atoms with Gasteiger partial charge in [0.15, 0.2) is 5.82 Å². The zero-order chi connectivity index (χ0) is 23.2. The number of hydrogen-bond acceptors (Lipinski definition) is 6. The summed E-state index contributed by atoms with van der Waals surface area (Å²) in [5.74, 6) is 1.47. The van der Waals surface area contributed by atoms with Gasteiger partial charge in [-0.3, -0.25) is 19.8 Å². The molecule has 2 N–H and O–H groups in total. The van der Waals surface area contributed by atoms with E-state index in [0.29, 0.717) is 52.5 Å². The van der Waals surface area contributed by atoms with Crippen LogP contribution in [0.5, 0.6) is 5.75 Å². The minimum absolute atomic E-state index is 0.147. The smallest absolute Gasteiger partial charge is 0.237 e. The van der Waals surface area contributed by atoms with Gasteiger partial charge < -0.3 is 14.6 Å². The fourth-order valence-electron chi connectivity index (χ4n) is 4.25. The summed E-state index contributed by atoms with van der Waals surface area (Å²) in [4.78, 5) is 28.6. The first-order chi connectivity index (χ1) is 16.5. The van der Waals surface area contributed by atoms with E-state index in [2.05, 4.69) is 25.1 Å². The van der Waals surface area contributed by atoms with E-state index in [1.807, 2.05) is 23.1 Å². The second kappa shape index (κ2) is 8.57. The summed E-state index contributed by atoms with van der Waals surface area (Å²) in [7, 11) is 0. The van der Waals surface area contributed by atoms with Gasteiger partial charge in [-0.2, -0.15) is 5.10 Å². The maximum absolute atomic E-state index is 12.5. The van der Waals surface area contributed by atoms with Crippen molar-refractivity contribution in [2.75, 3.05) is 19.6 Å². The maximum Gasteiger partial charge on any atom is 0.237 e. The SMILES string of the molecule is O=C(CN1CCC1)N1Cc2nc(-c3n[nH]c4ccc(OCc5c(Cl)cncc5Cl)cc34)[nH]c2C1. The van der Waals surface area contributed by atoms with Gasteiger partial charge in [0.2, 0.25) is 5.91 Å². The van der Waals surface area contributed by atoms with Gasteiger partial charge in [0.1, 0.15) is 18.1 Å². The normalized spacial score (nSPS) is 15.5.